The van der Waals surface area contributed by atoms with Crippen LogP contribution < -0.4 is 4.90 Å². The van der Waals surface area contributed by atoms with Crippen LogP contribution in [0.15, 0.2) is 22.7 Å². The highest BCUT2D eigenvalue weighted by atomic mass is 32.2. The number of nitrogens with one attached hydrogen (secondary N) is 1. The van der Waals surface area contributed by atoms with Gasteiger partial charge >= 0.3 is 0 Å². The minimum absolute atomic E-state index is 0.181. The van der Waals surface area contributed by atoms with E-state index in [-0.39, 0.29) is 11.3 Å². The van der Waals surface area contributed by atoms with Crippen molar-refractivity contribution in [3.63, 3.8) is 0 Å². The third-order valence-electron chi connectivity index (χ3n) is 5.50. The average molecular weight is 416 g/mol. The predicted octanol–water partition coefficient (Wildman–Crippen LogP) is 2.57. The van der Waals surface area contributed by atoms with Gasteiger partial charge in [0.2, 0.25) is 0 Å². The van der Waals surface area contributed by atoms with Gasteiger partial charge in [-0.2, -0.15) is 19.2 Å². The van der Waals surface area contributed by atoms with Crippen LogP contribution in [0.5, 0.6) is 0 Å². The maximum absolute atomic E-state index is 13.1. The average Bonchev–Trinajstić information content (AvgIpc) is 3.34. The summed E-state index contributed by atoms with van der Waals surface area (Å²) in [6.45, 7) is 6.11. The lowest BCUT2D eigenvalue weighted by molar-refractivity contribution is 0.0985. The number of hydrogen-bond acceptors (Lipinski definition) is 7. The molecule has 2 atom stereocenters. The van der Waals surface area contributed by atoms with Crippen LogP contribution in [-0.4, -0.2) is 66.5 Å². The van der Waals surface area contributed by atoms with Crippen molar-refractivity contribution in [3.05, 3.63) is 24.0 Å². The fourth-order valence-electron chi connectivity index (χ4n) is 3.72. The normalized spacial score (nSPS) is 22.0. The van der Waals surface area contributed by atoms with Crippen molar-refractivity contribution in [2.24, 2.45) is 4.36 Å². The molecule has 3 aromatic rings. The van der Waals surface area contributed by atoms with Gasteiger partial charge in [0, 0.05) is 35.9 Å². The summed E-state index contributed by atoms with van der Waals surface area (Å²) >= 11 is 0. The number of nitrogens with zero attached hydrogens (tertiary/aromatic N) is 6. The first kappa shape index (κ1) is 18.6. The molecule has 2 aliphatic rings. The fourth-order valence-corrected chi connectivity index (χ4v) is 5.42. The molecule has 0 spiro atoms. The van der Waals surface area contributed by atoms with Gasteiger partial charge in [-0.1, -0.05) is 0 Å². The first-order valence-electron chi connectivity index (χ1n) is 9.89. The van der Waals surface area contributed by atoms with E-state index in [4.69, 9.17) is 14.1 Å². The van der Waals surface area contributed by atoms with Crippen molar-refractivity contribution in [2.45, 2.75) is 38.0 Å². The molecule has 0 radical (unpaired) electrons. The van der Waals surface area contributed by atoms with Gasteiger partial charge in [0.25, 0.3) is 0 Å². The van der Waals surface area contributed by atoms with Crippen molar-refractivity contribution in [2.75, 3.05) is 30.9 Å². The highest BCUT2D eigenvalue weighted by Crippen LogP contribution is 2.36. The van der Waals surface area contributed by atoms with E-state index in [0.29, 0.717) is 30.4 Å². The second-order valence-corrected chi connectivity index (χ2v) is 10.5. The van der Waals surface area contributed by atoms with E-state index in [0.717, 1.165) is 36.3 Å². The Bertz CT molecular complexity index is 1190. The number of ether oxygens (including phenoxy) is 1. The summed E-state index contributed by atoms with van der Waals surface area (Å²) in [6.07, 6.45) is 5.45. The highest BCUT2D eigenvalue weighted by molar-refractivity contribution is 7.93. The molecule has 29 heavy (non-hydrogen) atoms. The number of pyridine rings is 1. The molecule has 1 unspecified atom stereocenters. The number of fused-ring (bicyclic) bond motifs is 1. The van der Waals surface area contributed by atoms with Crippen LogP contribution >= 0.6 is 0 Å². The summed E-state index contributed by atoms with van der Waals surface area (Å²) in [5.74, 6) is 1.47. The largest absolute Gasteiger partial charge is 0.377 e. The Morgan fingerprint density at radius 2 is 2.14 bits per heavy atom. The lowest BCUT2D eigenvalue weighted by Crippen LogP contribution is -2.44. The van der Waals surface area contributed by atoms with Crippen LogP contribution in [0.4, 0.5) is 11.5 Å². The molecule has 4 heterocycles. The number of aromatic nitrogens is 5. The maximum Gasteiger partial charge on any atom is 0.177 e. The van der Waals surface area contributed by atoms with Crippen molar-refractivity contribution in [1.29, 1.82) is 0 Å². The van der Waals surface area contributed by atoms with E-state index in [1.54, 1.807) is 17.1 Å². The summed E-state index contributed by atoms with van der Waals surface area (Å²) in [7, 11) is -2.30. The maximum atomic E-state index is 13.1. The number of hydrogen-bond donors (Lipinski definition) is 1. The Kier molecular flexibility index (Phi) is 4.36. The van der Waals surface area contributed by atoms with Crippen LogP contribution in [0.1, 0.15) is 25.5 Å². The molecule has 0 bridgehead atoms. The molecule has 0 aromatic carbocycles. The van der Waals surface area contributed by atoms with Crippen molar-refractivity contribution >= 4 is 32.3 Å². The highest BCUT2D eigenvalue weighted by Gasteiger charge is 2.31. The topological polar surface area (TPSA) is 101 Å². The zero-order chi connectivity index (χ0) is 20.2. The van der Waals surface area contributed by atoms with Crippen LogP contribution in [0.25, 0.3) is 16.9 Å². The second-order valence-electron chi connectivity index (χ2n) is 7.97. The minimum Gasteiger partial charge on any atom is -0.377 e. The molecule has 0 amide bonds. The first-order chi connectivity index (χ1) is 13.9. The summed E-state index contributed by atoms with van der Waals surface area (Å²) in [5.41, 5.74) is 2.29. The fraction of sp³-hybridized carbons (Fsp3) is 0.526. The van der Waals surface area contributed by atoms with Gasteiger partial charge in [0.1, 0.15) is 5.82 Å². The van der Waals surface area contributed by atoms with Crippen LogP contribution in [0.2, 0.25) is 0 Å². The monoisotopic (exact) mass is 415 g/mol. The van der Waals surface area contributed by atoms with Gasteiger partial charge < -0.3 is 9.64 Å². The van der Waals surface area contributed by atoms with E-state index in [1.165, 1.54) is 0 Å². The van der Waals surface area contributed by atoms with Crippen molar-refractivity contribution in [1.82, 2.24) is 25.0 Å². The molecule has 1 aliphatic heterocycles. The number of H-pyrrole nitrogens is 1. The van der Waals surface area contributed by atoms with Gasteiger partial charge in [0.05, 0.1) is 46.3 Å². The first-order valence-corrected chi connectivity index (χ1v) is 11.9. The predicted molar refractivity (Wildman–Crippen MR) is 113 cm³/mol. The Morgan fingerprint density at radius 3 is 2.83 bits per heavy atom. The van der Waals surface area contributed by atoms with Crippen LogP contribution in [0.3, 0.4) is 0 Å². The zero-order valence-corrected chi connectivity index (χ0v) is 17.6. The SMILES string of the molecule is Cc1cc(-n2ncc3c(N=S(C)(=O)C4CC4)cc(N4CCOC[C@H]4C)nc32)n[nH]1. The Hall–Kier alpha value is -2.46. The van der Waals surface area contributed by atoms with E-state index < -0.39 is 9.73 Å². The summed E-state index contributed by atoms with van der Waals surface area (Å²) in [4.78, 5) is 7.12. The second kappa shape index (κ2) is 6.81. The Labute approximate surface area is 169 Å². The zero-order valence-electron chi connectivity index (χ0n) is 16.8. The molecule has 1 saturated heterocycles. The van der Waals surface area contributed by atoms with E-state index in [2.05, 4.69) is 27.1 Å². The lowest BCUT2D eigenvalue weighted by Gasteiger charge is -2.34. The summed E-state index contributed by atoms with van der Waals surface area (Å²) < 4.78 is 25.1. The lowest BCUT2D eigenvalue weighted by atomic mass is 10.2. The minimum atomic E-state index is -2.30. The molecule has 2 fully saturated rings. The van der Waals surface area contributed by atoms with E-state index in [1.807, 2.05) is 19.1 Å². The van der Waals surface area contributed by atoms with Gasteiger partial charge in [-0.15, -0.1) is 0 Å². The molecule has 10 heteroatoms. The standard InChI is InChI=1S/C19H25N7O2S/c1-12-8-18(23-22-12)26-19-15(10-20-26)16(24-29(3,27)14-4-5-14)9-17(21-19)25-6-7-28-11-13(25)2/h8-10,13-14H,4-7,11H2,1-3H3,(H,22,23)/t13-,29?/m1/s1. The summed E-state index contributed by atoms with van der Waals surface area (Å²) in [6, 6.07) is 4.06. The quantitative estimate of drug-likeness (QED) is 0.703. The molecule has 1 N–H and O–H groups in total. The number of aryl methyl sites for hydroxylation is 1. The van der Waals surface area contributed by atoms with Crippen LogP contribution in [0, 0.1) is 6.92 Å². The summed E-state index contributed by atoms with van der Waals surface area (Å²) in [5, 5.41) is 12.7. The number of morpholine rings is 1. The molecule has 154 valence electrons. The Balaban J connectivity index is 1.72. The van der Waals surface area contributed by atoms with Crippen molar-refractivity contribution in [3.8, 4) is 5.82 Å². The van der Waals surface area contributed by atoms with Gasteiger partial charge in [-0.3, -0.25) is 5.10 Å². The molecule has 3 aromatic heterocycles. The molecule has 1 saturated carbocycles. The molecular weight excluding hydrogens is 390 g/mol. The van der Waals surface area contributed by atoms with Gasteiger partial charge in [0.15, 0.2) is 11.5 Å². The van der Waals surface area contributed by atoms with E-state index in [9.17, 15) is 4.21 Å². The molecule has 9 nitrogen and oxygen atoms in total. The number of rotatable bonds is 4. The number of anilines is 1. The molecule has 5 rings (SSSR count). The molecule has 1 aliphatic carbocycles. The third-order valence-corrected chi connectivity index (χ3v) is 7.77. The van der Waals surface area contributed by atoms with Crippen molar-refractivity contribution < 1.29 is 8.95 Å². The van der Waals surface area contributed by atoms with E-state index >= 15 is 0 Å². The smallest absolute Gasteiger partial charge is 0.177 e. The van der Waals surface area contributed by atoms with Gasteiger partial charge in [-0.05, 0) is 26.7 Å². The Morgan fingerprint density at radius 1 is 1.31 bits per heavy atom. The number of aromatic amines is 1. The molecular formula is C19H25N7O2S. The van der Waals surface area contributed by atoms with Gasteiger partial charge in [-0.25, -0.2) is 9.19 Å². The van der Waals surface area contributed by atoms with Crippen LogP contribution in [-0.2, 0) is 14.5 Å². The third kappa shape index (κ3) is 3.40.